The predicted molar refractivity (Wildman–Crippen MR) is 137 cm³/mol. The molecule has 0 spiro atoms. The van der Waals surface area contributed by atoms with Crippen molar-refractivity contribution >= 4 is 24.5 Å². The number of amides is 1. The lowest BCUT2D eigenvalue weighted by molar-refractivity contribution is 0.0690. The summed E-state index contributed by atoms with van der Waals surface area (Å²) in [5.41, 5.74) is 10.7. The zero-order chi connectivity index (χ0) is 24.2. The van der Waals surface area contributed by atoms with Gasteiger partial charge in [0.15, 0.2) is 0 Å². The number of carbonyl (C=O) groups excluding carboxylic acids is 1. The highest BCUT2D eigenvalue weighted by Gasteiger charge is 2.28. The molecule has 1 aliphatic rings. The van der Waals surface area contributed by atoms with Gasteiger partial charge in [0, 0.05) is 41.7 Å². The minimum absolute atomic E-state index is 0.0270. The van der Waals surface area contributed by atoms with E-state index in [4.69, 9.17) is 10.5 Å². The SMILES string of the molecule is CCN1CCN(C(=O)c2cccc(S)c2)C[C@H](Oc2cc(-c3c(C)cccc3C)nc(N)n2)C1. The molecule has 1 aromatic heterocycles. The molecule has 1 aliphatic heterocycles. The van der Waals surface area contributed by atoms with E-state index in [9.17, 15) is 4.79 Å². The molecule has 1 atom stereocenters. The lowest BCUT2D eigenvalue weighted by Crippen LogP contribution is -2.40. The van der Waals surface area contributed by atoms with Crippen LogP contribution in [0.4, 0.5) is 5.95 Å². The van der Waals surface area contributed by atoms with Crippen LogP contribution in [-0.2, 0) is 0 Å². The normalized spacial score (nSPS) is 16.8. The summed E-state index contributed by atoms with van der Waals surface area (Å²) in [6.07, 6.45) is -0.259. The fourth-order valence-corrected chi connectivity index (χ4v) is 4.65. The lowest BCUT2D eigenvalue weighted by atomic mass is 10.00. The number of nitrogens with zero attached hydrogens (tertiary/aromatic N) is 4. The Kier molecular flexibility index (Phi) is 7.38. The first kappa shape index (κ1) is 24.0. The Bertz CT molecular complexity index is 1170. The third kappa shape index (κ3) is 5.51. The van der Waals surface area contributed by atoms with E-state index < -0.39 is 0 Å². The number of nitrogen functional groups attached to an aromatic ring is 1. The third-order valence-electron chi connectivity index (χ3n) is 6.14. The van der Waals surface area contributed by atoms with Crippen LogP contribution in [0.1, 0.15) is 28.4 Å². The van der Waals surface area contributed by atoms with Crippen molar-refractivity contribution in [3.63, 3.8) is 0 Å². The summed E-state index contributed by atoms with van der Waals surface area (Å²) < 4.78 is 6.35. The molecule has 0 saturated carbocycles. The topological polar surface area (TPSA) is 84.6 Å². The second kappa shape index (κ2) is 10.4. The van der Waals surface area contributed by atoms with Crippen LogP contribution in [-0.4, -0.2) is 64.5 Å². The van der Waals surface area contributed by atoms with Gasteiger partial charge in [-0.1, -0.05) is 31.2 Å². The van der Waals surface area contributed by atoms with Crippen molar-refractivity contribution in [2.24, 2.45) is 0 Å². The van der Waals surface area contributed by atoms with E-state index in [1.807, 2.05) is 35.2 Å². The predicted octanol–water partition coefficient (Wildman–Crippen LogP) is 3.86. The van der Waals surface area contributed by atoms with Crippen LogP contribution in [0.15, 0.2) is 53.4 Å². The minimum Gasteiger partial charge on any atom is -0.471 e. The summed E-state index contributed by atoms with van der Waals surface area (Å²) in [5, 5.41) is 0. The van der Waals surface area contributed by atoms with Crippen molar-refractivity contribution < 1.29 is 9.53 Å². The molecule has 0 bridgehead atoms. The van der Waals surface area contributed by atoms with Crippen molar-refractivity contribution in [3.05, 3.63) is 65.2 Å². The van der Waals surface area contributed by atoms with Crippen molar-refractivity contribution in [2.45, 2.75) is 31.8 Å². The fraction of sp³-hybridized carbons (Fsp3) is 0.346. The molecule has 3 aromatic rings. The molecule has 8 heteroatoms. The Labute approximate surface area is 206 Å². The van der Waals surface area contributed by atoms with Crippen molar-refractivity contribution in [3.8, 4) is 17.1 Å². The van der Waals surface area contributed by atoms with Crippen LogP contribution in [0.2, 0.25) is 0 Å². The first-order chi connectivity index (χ1) is 16.3. The maximum atomic E-state index is 13.2. The fourth-order valence-electron chi connectivity index (χ4n) is 4.42. The van der Waals surface area contributed by atoms with E-state index in [1.165, 1.54) is 0 Å². The molecule has 2 N–H and O–H groups in total. The zero-order valence-electron chi connectivity index (χ0n) is 19.9. The third-order valence-corrected chi connectivity index (χ3v) is 6.42. The number of hydrogen-bond donors (Lipinski definition) is 2. The summed E-state index contributed by atoms with van der Waals surface area (Å²) in [5.74, 6) is 0.549. The van der Waals surface area contributed by atoms with Gasteiger partial charge in [0.2, 0.25) is 11.8 Å². The highest BCUT2D eigenvalue weighted by molar-refractivity contribution is 7.80. The molecule has 2 heterocycles. The average Bonchev–Trinajstić information content (AvgIpc) is 3.00. The van der Waals surface area contributed by atoms with E-state index in [2.05, 4.69) is 60.4 Å². The van der Waals surface area contributed by atoms with Gasteiger partial charge >= 0.3 is 0 Å². The molecule has 1 saturated heterocycles. The van der Waals surface area contributed by atoms with E-state index in [0.29, 0.717) is 31.1 Å². The molecule has 0 radical (unpaired) electrons. The Morgan fingerprint density at radius 1 is 1.09 bits per heavy atom. The van der Waals surface area contributed by atoms with E-state index in [0.717, 1.165) is 40.4 Å². The van der Waals surface area contributed by atoms with Gasteiger partial charge in [0.1, 0.15) is 6.10 Å². The Hall–Kier alpha value is -3.10. The van der Waals surface area contributed by atoms with Gasteiger partial charge in [0.05, 0.1) is 12.2 Å². The molecule has 178 valence electrons. The Morgan fingerprint density at radius 3 is 2.53 bits per heavy atom. The van der Waals surface area contributed by atoms with Crippen LogP contribution in [0.25, 0.3) is 11.3 Å². The highest BCUT2D eigenvalue weighted by atomic mass is 32.1. The number of likely N-dealkylation sites (N-methyl/N-ethyl adjacent to an activating group) is 1. The molecule has 34 heavy (non-hydrogen) atoms. The van der Waals surface area contributed by atoms with Crippen molar-refractivity contribution in [1.82, 2.24) is 19.8 Å². The Balaban J connectivity index is 1.60. The number of anilines is 1. The lowest BCUT2D eigenvalue weighted by Gasteiger charge is -2.25. The summed E-state index contributed by atoms with van der Waals surface area (Å²) in [6, 6.07) is 15.3. The van der Waals surface area contributed by atoms with Crippen molar-refractivity contribution in [1.29, 1.82) is 0 Å². The van der Waals surface area contributed by atoms with Gasteiger partial charge in [-0.2, -0.15) is 4.98 Å². The van der Waals surface area contributed by atoms with Gasteiger partial charge in [0.25, 0.3) is 5.91 Å². The van der Waals surface area contributed by atoms with Crippen LogP contribution in [0, 0.1) is 13.8 Å². The second-order valence-electron chi connectivity index (χ2n) is 8.65. The summed E-state index contributed by atoms with van der Waals surface area (Å²) >= 11 is 4.38. The smallest absolute Gasteiger partial charge is 0.254 e. The number of hydrogen-bond acceptors (Lipinski definition) is 7. The van der Waals surface area contributed by atoms with Gasteiger partial charge < -0.3 is 15.4 Å². The molecule has 0 unspecified atom stereocenters. The largest absolute Gasteiger partial charge is 0.471 e. The second-order valence-corrected chi connectivity index (χ2v) is 9.17. The number of rotatable bonds is 5. The van der Waals surface area contributed by atoms with E-state index >= 15 is 0 Å². The molecule has 1 fully saturated rings. The molecule has 0 aliphatic carbocycles. The monoisotopic (exact) mass is 477 g/mol. The Morgan fingerprint density at radius 2 is 1.82 bits per heavy atom. The van der Waals surface area contributed by atoms with Crippen LogP contribution >= 0.6 is 12.6 Å². The molecular weight excluding hydrogens is 446 g/mol. The molecule has 4 rings (SSSR count). The van der Waals surface area contributed by atoms with Crippen LogP contribution in [0.5, 0.6) is 5.88 Å². The van der Waals surface area contributed by atoms with E-state index in [1.54, 1.807) is 6.07 Å². The zero-order valence-corrected chi connectivity index (χ0v) is 20.8. The summed E-state index contributed by atoms with van der Waals surface area (Å²) in [4.78, 5) is 26.9. The maximum Gasteiger partial charge on any atom is 0.254 e. The van der Waals surface area contributed by atoms with Crippen LogP contribution < -0.4 is 10.5 Å². The van der Waals surface area contributed by atoms with Gasteiger partial charge in [-0.3, -0.25) is 9.69 Å². The average molecular weight is 478 g/mol. The molecule has 1 amide bonds. The number of carbonyl (C=O) groups is 1. The van der Waals surface area contributed by atoms with Crippen LogP contribution in [0.3, 0.4) is 0 Å². The van der Waals surface area contributed by atoms with Gasteiger partial charge in [-0.25, -0.2) is 4.98 Å². The molecule has 2 aromatic carbocycles. The van der Waals surface area contributed by atoms with Gasteiger partial charge in [-0.15, -0.1) is 12.6 Å². The maximum absolute atomic E-state index is 13.2. The first-order valence-electron chi connectivity index (χ1n) is 11.5. The summed E-state index contributed by atoms with van der Waals surface area (Å²) in [6.45, 7) is 9.63. The number of benzene rings is 2. The standard InChI is InChI=1S/C26H31N5O2S/c1-4-30-11-12-31(25(32)19-9-6-10-21(34)13-19)16-20(15-30)33-23-14-22(28-26(27)29-23)24-17(2)7-5-8-18(24)3/h5-10,13-14,20,34H,4,11-12,15-16H2,1-3H3,(H2,27,28,29)/t20-/m1/s1. The minimum atomic E-state index is -0.259. The number of thiol groups is 1. The number of aromatic nitrogens is 2. The number of aryl methyl sites for hydroxylation is 2. The first-order valence-corrected chi connectivity index (χ1v) is 12.0. The highest BCUT2D eigenvalue weighted by Crippen LogP contribution is 2.28. The van der Waals surface area contributed by atoms with Crippen molar-refractivity contribution in [2.75, 3.05) is 38.5 Å². The summed E-state index contributed by atoms with van der Waals surface area (Å²) in [7, 11) is 0. The molecule has 7 nitrogen and oxygen atoms in total. The van der Waals surface area contributed by atoms with Gasteiger partial charge in [-0.05, 0) is 49.7 Å². The number of nitrogens with two attached hydrogens (primary N) is 1. The van der Waals surface area contributed by atoms with E-state index in [-0.39, 0.29) is 18.0 Å². The quantitative estimate of drug-likeness (QED) is 0.543. The molecular formula is C26H31N5O2S. The number of ether oxygens (including phenoxy) is 1.